The van der Waals surface area contributed by atoms with E-state index in [-0.39, 0.29) is 16.0 Å². The van der Waals surface area contributed by atoms with E-state index in [4.69, 9.17) is 12.2 Å². The normalized spacial score (nSPS) is 16.8. The molecule has 0 bridgehead atoms. The first-order valence-electron chi connectivity index (χ1n) is 7.19. The van der Waals surface area contributed by atoms with Crippen LogP contribution in [0.1, 0.15) is 37.7 Å². The summed E-state index contributed by atoms with van der Waals surface area (Å²) in [6, 6.07) is 3.41. The maximum absolute atomic E-state index is 12.5. The largest absolute Gasteiger partial charge is 0.416 e. The fourth-order valence-electron chi connectivity index (χ4n) is 2.47. The van der Waals surface area contributed by atoms with Gasteiger partial charge in [0.25, 0.3) is 10.0 Å². The summed E-state index contributed by atoms with van der Waals surface area (Å²) in [5.74, 6) is 0. The predicted octanol–water partition coefficient (Wildman–Crippen LogP) is 3.19. The highest BCUT2D eigenvalue weighted by atomic mass is 32.2. The Hall–Kier alpha value is -1.35. The topological polar surface area (TPSA) is 58.2 Å². The molecular formula is C14H17F3N2O2S2. The number of rotatable bonds is 3. The van der Waals surface area contributed by atoms with Crippen LogP contribution in [0.2, 0.25) is 0 Å². The van der Waals surface area contributed by atoms with E-state index in [0.29, 0.717) is 0 Å². The van der Waals surface area contributed by atoms with Crippen LogP contribution >= 0.6 is 12.2 Å². The fraction of sp³-hybridized carbons (Fsp3) is 0.500. The molecule has 2 N–H and O–H groups in total. The van der Waals surface area contributed by atoms with Gasteiger partial charge in [-0.25, -0.2) is 8.42 Å². The third-order valence-electron chi connectivity index (χ3n) is 3.66. The summed E-state index contributed by atoms with van der Waals surface area (Å²) in [4.78, 5) is -0.265. The third kappa shape index (κ3) is 5.07. The van der Waals surface area contributed by atoms with Gasteiger partial charge in [0.15, 0.2) is 5.11 Å². The van der Waals surface area contributed by atoms with Gasteiger partial charge in [0, 0.05) is 6.04 Å². The maximum Gasteiger partial charge on any atom is 0.416 e. The lowest BCUT2D eigenvalue weighted by atomic mass is 9.96. The van der Waals surface area contributed by atoms with Crippen LogP contribution in [0, 0.1) is 0 Å². The van der Waals surface area contributed by atoms with Gasteiger partial charge in [0.05, 0.1) is 10.5 Å². The Morgan fingerprint density at radius 2 is 1.65 bits per heavy atom. The molecule has 0 aliphatic heterocycles. The van der Waals surface area contributed by atoms with Crippen molar-refractivity contribution in [1.82, 2.24) is 10.0 Å². The lowest BCUT2D eigenvalue weighted by Crippen LogP contribution is -2.44. The number of halogens is 3. The van der Waals surface area contributed by atoms with Crippen molar-refractivity contribution in [3.05, 3.63) is 29.8 Å². The smallest absolute Gasteiger partial charge is 0.359 e. The summed E-state index contributed by atoms with van der Waals surface area (Å²) in [6.45, 7) is 0. The number of thiocarbonyl (C=S) groups is 1. The van der Waals surface area contributed by atoms with Crippen LogP contribution in [0.15, 0.2) is 29.2 Å². The average molecular weight is 366 g/mol. The molecule has 23 heavy (non-hydrogen) atoms. The van der Waals surface area contributed by atoms with Crippen LogP contribution in [0.5, 0.6) is 0 Å². The van der Waals surface area contributed by atoms with E-state index in [1.807, 2.05) is 0 Å². The van der Waals surface area contributed by atoms with Gasteiger partial charge in [-0.15, -0.1) is 0 Å². The number of sulfonamides is 1. The van der Waals surface area contributed by atoms with Crippen molar-refractivity contribution in [3.63, 3.8) is 0 Å². The molecule has 128 valence electrons. The molecule has 2 rings (SSSR count). The molecule has 0 aromatic heterocycles. The molecule has 0 atom stereocenters. The molecule has 0 heterocycles. The molecule has 0 spiro atoms. The highest BCUT2D eigenvalue weighted by Crippen LogP contribution is 2.29. The molecule has 0 unspecified atom stereocenters. The van der Waals surface area contributed by atoms with E-state index in [0.717, 1.165) is 56.4 Å². The standard InChI is InChI=1S/C14H17F3N2O2S2/c15-14(16,17)10-6-8-12(9-7-10)23(20,21)19-13(22)18-11-4-2-1-3-5-11/h6-9,11H,1-5H2,(H2,18,19,22). The Morgan fingerprint density at radius 3 is 2.17 bits per heavy atom. The van der Waals surface area contributed by atoms with Crippen molar-refractivity contribution in [1.29, 1.82) is 0 Å². The van der Waals surface area contributed by atoms with Crippen molar-refractivity contribution in [2.24, 2.45) is 0 Å². The Morgan fingerprint density at radius 1 is 1.09 bits per heavy atom. The minimum Gasteiger partial charge on any atom is -0.359 e. The molecule has 1 aliphatic rings. The molecule has 1 aromatic rings. The van der Waals surface area contributed by atoms with E-state index in [2.05, 4.69) is 10.0 Å². The molecule has 0 radical (unpaired) electrons. The number of alkyl halides is 3. The van der Waals surface area contributed by atoms with Gasteiger partial charge >= 0.3 is 6.18 Å². The third-order valence-corrected chi connectivity index (χ3v) is 5.37. The SMILES string of the molecule is O=S(=O)(NC(=S)NC1CCCCC1)c1ccc(C(F)(F)F)cc1. The monoisotopic (exact) mass is 366 g/mol. The van der Waals surface area contributed by atoms with Crippen molar-refractivity contribution in [2.45, 2.75) is 49.2 Å². The van der Waals surface area contributed by atoms with Crippen molar-refractivity contribution < 1.29 is 21.6 Å². The Labute approximate surface area is 138 Å². The summed E-state index contributed by atoms with van der Waals surface area (Å²) >= 11 is 4.99. The van der Waals surface area contributed by atoms with Gasteiger partial charge in [-0.3, -0.25) is 4.72 Å². The summed E-state index contributed by atoms with van der Waals surface area (Å²) in [6.07, 6.45) is 0.609. The zero-order valence-corrected chi connectivity index (χ0v) is 13.8. The van der Waals surface area contributed by atoms with Crippen LogP contribution in [-0.2, 0) is 16.2 Å². The minimum absolute atomic E-state index is 0.0307. The van der Waals surface area contributed by atoms with E-state index in [9.17, 15) is 21.6 Å². The Bertz CT molecular complexity index is 652. The summed E-state index contributed by atoms with van der Waals surface area (Å²) < 4.78 is 63.9. The lowest BCUT2D eigenvalue weighted by molar-refractivity contribution is -0.137. The average Bonchev–Trinajstić information content (AvgIpc) is 2.47. The Kier molecular flexibility index (Phi) is 5.51. The zero-order chi connectivity index (χ0) is 17.1. The molecule has 0 amide bonds. The molecule has 1 aromatic carbocycles. The number of hydrogen-bond donors (Lipinski definition) is 2. The zero-order valence-electron chi connectivity index (χ0n) is 12.2. The minimum atomic E-state index is -4.51. The molecule has 4 nitrogen and oxygen atoms in total. The van der Waals surface area contributed by atoms with Crippen LogP contribution in [0.25, 0.3) is 0 Å². The van der Waals surface area contributed by atoms with Crippen LogP contribution in [-0.4, -0.2) is 19.6 Å². The molecule has 1 saturated carbocycles. The predicted molar refractivity (Wildman–Crippen MR) is 84.4 cm³/mol. The van der Waals surface area contributed by atoms with Gasteiger partial charge in [0.2, 0.25) is 0 Å². The second kappa shape index (κ2) is 7.04. The first-order chi connectivity index (χ1) is 10.7. The van der Waals surface area contributed by atoms with E-state index in [1.54, 1.807) is 0 Å². The van der Waals surface area contributed by atoms with E-state index >= 15 is 0 Å². The van der Waals surface area contributed by atoms with Crippen molar-refractivity contribution >= 4 is 27.4 Å². The van der Waals surface area contributed by atoms with Crippen LogP contribution in [0.4, 0.5) is 13.2 Å². The van der Waals surface area contributed by atoms with Gasteiger partial charge in [-0.1, -0.05) is 19.3 Å². The second-order valence-electron chi connectivity index (χ2n) is 5.44. The maximum atomic E-state index is 12.5. The van der Waals surface area contributed by atoms with Gasteiger partial charge in [-0.05, 0) is 49.3 Å². The molecule has 9 heteroatoms. The summed E-state index contributed by atoms with van der Waals surface area (Å²) in [7, 11) is -3.99. The van der Waals surface area contributed by atoms with Crippen LogP contribution < -0.4 is 10.0 Å². The van der Waals surface area contributed by atoms with Gasteiger partial charge in [0.1, 0.15) is 0 Å². The molecule has 1 aliphatic carbocycles. The summed E-state index contributed by atoms with van der Waals surface area (Å²) in [5.41, 5.74) is -0.903. The lowest BCUT2D eigenvalue weighted by Gasteiger charge is -2.24. The van der Waals surface area contributed by atoms with Gasteiger partial charge in [-0.2, -0.15) is 13.2 Å². The van der Waals surface area contributed by atoms with Gasteiger partial charge < -0.3 is 5.32 Å². The second-order valence-corrected chi connectivity index (χ2v) is 7.53. The molecule has 1 fully saturated rings. The number of nitrogens with one attached hydrogen (secondary N) is 2. The van der Waals surface area contributed by atoms with Crippen molar-refractivity contribution in [3.8, 4) is 0 Å². The molecular weight excluding hydrogens is 349 g/mol. The first-order valence-corrected chi connectivity index (χ1v) is 9.08. The fourth-order valence-corrected chi connectivity index (χ4v) is 3.88. The number of benzene rings is 1. The van der Waals surface area contributed by atoms with E-state index in [1.165, 1.54) is 0 Å². The Balaban J connectivity index is 2.01. The number of hydrogen-bond acceptors (Lipinski definition) is 3. The highest BCUT2D eigenvalue weighted by molar-refractivity contribution is 7.91. The summed E-state index contributed by atoms with van der Waals surface area (Å²) in [5, 5.41) is 2.91. The van der Waals surface area contributed by atoms with Crippen molar-refractivity contribution in [2.75, 3.05) is 0 Å². The quantitative estimate of drug-likeness (QED) is 0.807. The molecule has 0 saturated heterocycles. The van der Waals surface area contributed by atoms with E-state index < -0.39 is 21.8 Å². The van der Waals surface area contributed by atoms with Crippen LogP contribution in [0.3, 0.4) is 0 Å². The highest BCUT2D eigenvalue weighted by Gasteiger charge is 2.30. The first kappa shape index (κ1) is 18.0.